The van der Waals surface area contributed by atoms with E-state index in [9.17, 15) is 0 Å². The van der Waals surface area contributed by atoms with E-state index in [0.717, 1.165) is 28.2 Å². The molecule has 0 aliphatic heterocycles. The highest BCUT2D eigenvalue weighted by Crippen LogP contribution is 2.32. The maximum atomic E-state index is 6.18. The Morgan fingerprint density at radius 1 is 1.32 bits per heavy atom. The lowest BCUT2D eigenvalue weighted by atomic mass is 10.0. The number of hydrogen-bond acceptors (Lipinski definition) is 6. The zero-order chi connectivity index (χ0) is 16.4. The Balaban J connectivity index is 0.00000156. The number of thiophene rings is 1. The van der Waals surface area contributed by atoms with Gasteiger partial charge in [0.1, 0.15) is 11.6 Å². The standard InChI is InChI=1S/C16H19ClN4OS.2ClH/c1-9(2)12(18)6-11-7-13-14(23-11)15(21-16(17)20-13)19-8-10-4-3-5-22-10;;/h3-5,7,9,12H,6,8,18H2,1-2H3,(H,19,20,21);2*1H/t12-;;/m1../s1. The molecule has 0 bridgehead atoms. The minimum atomic E-state index is 0. The first-order valence-electron chi connectivity index (χ1n) is 7.50. The second-order valence-electron chi connectivity index (χ2n) is 5.81. The largest absolute Gasteiger partial charge is 0.467 e. The zero-order valence-corrected chi connectivity index (χ0v) is 17.1. The Morgan fingerprint density at radius 3 is 2.72 bits per heavy atom. The van der Waals surface area contributed by atoms with Gasteiger partial charge in [-0.2, -0.15) is 4.98 Å². The fourth-order valence-corrected chi connectivity index (χ4v) is 3.53. The normalized spacial score (nSPS) is 11.9. The van der Waals surface area contributed by atoms with Crippen LogP contribution in [-0.2, 0) is 13.0 Å². The third-order valence-electron chi connectivity index (χ3n) is 3.70. The van der Waals surface area contributed by atoms with Crippen molar-refractivity contribution in [1.29, 1.82) is 0 Å². The van der Waals surface area contributed by atoms with E-state index in [1.807, 2.05) is 18.2 Å². The molecule has 3 heterocycles. The third kappa shape index (κ3) is 5.46. The molecule has 3 rings (SSSR count). The van der Waals surface area contributed by atoms with Gasteiger partial charge in [-0.25, -0.2) is 4.98 Å². The highest BCUT2D eigenvalue weighted by atomic mass is 35.5. The first-order chi connectivity index (χ1) is 11.0. The molecule has 0 aromatic carbocycles. The molecule has 0 aliphatic rings. The molecule has 138 valence electrons. The Kier molecular flexibility index (Phi) is 8.44. The fourth-order valence-electron chi connectivity index (χ4n) is 2.22. The van der Waals surface area contributed by atoms with Crippen LogP contribution in [-0.4, -0.2) is 16.0 Å². The number of anilines is 1. The van der Waals surface area contributed by atoms with Crippen LogP contribution in [0, 0.1) is 5.92 Å². The molecule has 0 spiro atoms. The lowest BCUT2D eigenvalue weighted by molar-refractivity contribution is 0.493. The van der Waals surface area contributed by atoms with Crippen LogP contribution in [0.2, 0.25) is 5.28 Å². The van der Waals surface area contributed by atoms with Crippen LogP contribution < -0.4 is 11.1 Å². The summed E-state index contributed by atoms with van der Waals surface area (Å²) in [7, 11) is 0. The van der Waals surface area contributed by atoms with Crippen molar-refractivity contribution in [3.8, 4) is 0 Å². The van der Waals surface area contributed by atoms with E-state index >= 15 is 0 Å². The summed E-state index contributed by atoms with van der Waals surface area (Å²) in [6.45, 7) is 4.81. The SMILES string of the molecule is CC(C)[C@H](N)Cc1cc2nc(Cl)nc(NCc3ccco3)c2s1.Cl.Cl. The van der Waals surface area contributed by atoms with E-state index in [1.165, 1.54) is 4.88 Å². The summed E-state index contributed by atoms with van der Waals surface area (Å²) in [5, 5.41) is 3.50. The second kappa shape index (κ2) is 9.59. The molecule has 0 saturated carbocycles. The first-order valence-corrected chi connectivity index (χ1v) is 8.70. The average molecular weight is 424 g/mol. The van der Waals surface area contributed by atoms with Crippen molar-refractivity contribution in [2.24, 2.45) is 11.7 Å². The number of rotatable bonds is 6. The molecular formula is C16H21Cl3N4OS. The van der Waals surface area contributed by atoms with Crippen LogP contribution in [0.1, 0.15) is 24.5 Å². The first kappa shape index (κ1) is 22.0. The van der Waals surface area contributed by atoms with E-state index in [4.69, 9.17) is 21.8 Å². The molecule has 9 heteroatoms. The van der Waals surface area contributed by atoms with Crippen molar-refractivity contribution in [3.63, 3.8) is 0 Å². The third-order valence-corrected chi connectivity index (χ3v) is 5.02. The maximum Gasteiger partial charge on any atom is 0.224 e. The minimum Gasteiger partial charge on any atom is -0.467 e. The minimum absolute atomic E-state index is 0. The summed E-state index contributed by atoms with van der Waals surface area (Å²) in [5.41, 5.74) is 7.03. The Labute approximate surface area is 168 Å². The van der Waals surface area contributed by atoms with Crippen molar-refractivity contribution in [3.05, 3.63) is 40.4 Å². The fraction of sp³-hybridized carbons (Fsp3) is 0.375. The maximum absolute atomic E-state index is 6.18. The molecule has 5 nitrogen and oxygen atoms in total. The van der Waals surface area contributed by atoms with Gasteiger partial charge in [0, 0.05) is 10.9 Å². The van der Waals surface area contributed by atoms with Crippen molar-refractivity contribution in [2.45, 2.75) is 32.9 Å². The zero-order valence-electron chi connectivity index (χ0n) is 13.9. The van der Waals surface area contributed by atoms with Gasteiger partial charge in [-0.1, -0.05) is 13.8 Å². The van der Waals surface area contributed by atoms with Crippen LogP contribution >= 0.6 is 47.8 Å². The predicted octanol–water partition coefficient (Wildman–Crippen LogP) is 4.92. The number of fused-ring (bicyclic) bond motifs is 1. The summed E-state index contributed by atoms with van der Waals surface area (Å²) < 4.78 is 6.32. The van der Waals surface area contributed by atoms with E-state index in [-0.39, 0.29) is 36.1 Å². The van der Waals surface area contributed by atoms with E-state index < -0.39 is 0 Å². The molecule has 0 aliphatic carbocycles. The molecule has 0 radical (unpaired) electrons. The van der Waals surface area contributed by atoms with Gasteiger partial charge in [0.25, 0.3) is 0 Å². The van der Waals surface area contributed by atoms with Crippen molar-refractivity contribution in [2.75, 3.05) is 5.32 Å². The smallest absolute Gasteiger partial charge is 0.224 e. The van der Waals surface area contributed by atoms with Crippen molar-refractivity contribution in [1.82, 2.24) is 9.97 Å². The Hall–Kier alpha value is -1.05. The van der Waals surface area contributed by atoms with Crippen molar-refractivity contribution < 1.29 is 4.42 Å². The Morgan fingerprint density at radius 2 is 2.08 bits per heavy atom. The lowest BCUT2D eigenvalue weighted by Gasteiger charge is -2.13. The van der Waals surface area contributed by atoms with Crippen LogP contribution in [0.5, 0.6) is 0 Å². The summed E-state index contributed by atoms with van der Waals surface area (Å²) in [4.78, 5) is 9.82. The summed E-state index contributed by atoms with van der Waals surface area (Å²) in [5.74, 6) is 2.00. The molecule has 0 unspecified atom stereocenters. The highest BCUT2D eigenvalue weighted by Gasteiger charge is 2.15. The number of hydrogen-bond donors (Lipinski definition) is 2. The lowest BCUT2D eigenvalue weighted by Crippen LogP contribution is -2.28. The van der Waals surface area contributed by atoms with Gasteiger partial charge in [-0.15, -0.1) is 36.2 Å². The summed E-state index contributed by atoms with van der Waals surface area (Å²) in [6.07, 6.45) is 2.48. The van der Waals surface area contributed by atoms with E-state index in [2.05, 4.69) is 29.1 Å². The van der Waals surface area contributed by atoms with Crippen LogP contribution in [0.3, 0.4) is 0 Å². The van der Waals surface area contributed by atoms with Gasteiger partial charge in [0.05, 0.1) is 23.0 Å². The van der Waals surface area contributed by atoms with Gasteiger partial charge < -0.3 is 15.5 Å². The molecule has 25 heavy (non-hydrogen) atoms. The molecule has 1 atom stereocenters. The van der Waals surface area contributed by atoms with Crippen LogP contribution in [0.25, 0.3) is 10.2 Å². The molecule has 3 aromatic rings. The predicted molar refractivity (Wildman–Crippen MR) is 109 cm³/mol. The number of halogens is 3. The van der Waals surface area contributed by atoms with E-state index in [0.29, 0.717) is 12.5 Å². The monoisotopic (exact) mass is 422 g/mol. The highest BCUT2D eigenvalue weighted by molar-refractivity contribution is 7.19. The van der Waals surface area contributed by atoms with Gasteiger partial charge in [-0.3, -0.25) is 0 Å². The van der Waals surface area contributed by atoms with Gasteiger partial charge in [0.2, 0.25) is 5.28 Å². The van der Waals surface area contributed by atoms with Crippen LogP contribution in [0.15, 0.2) is 28.9 Å². The van der Waals surface area contributed by atoms with Gasteiger partial charge in [0.15, 0.2) is 0 Å². The second-order valence-corrected chi connectivity index (χ2v) is 7.29. The number of nitrogens with two attached hydrogens (primary N) is 1. The average Bonchev–Trinajstić information content (AvgIpc) is 3.13. The molecule has 0 fully saturated rings. The number of furan rings is 1. The number of aromatic nitrogens is 2. The van der Waals surface area contributed by atoms with Gasteiger partial charge >= 0.3 is 0 Å². The Bertz CT molecular complexity index is 792. The molecular weight excluding hydrogens is 403 g/mol. The van der Waals surface area contributed by atoms with Crippen LogP contribution in [0.4, 0.5) is 5.82 Å². The molecule has 0 saturated heterocycles. The topological polar surface area (TPSA) is 77.0 Å². The molecule has 0 amide bonds. The summed E-state index contributed by atoms with van der Waals surface area (Å²) in [6, 6.07) is 5.95. The molecule has 3 aromatic heterocycles. The van der Waals surface area contributed by atoms with E-state index in [1.54, 1.807) is 17.6 Å². The molecule has 3 N–H and O–H groups in total. The number of nitrogens with zero attached hydrogens (tertiary/aromatic N) is 2. The van der Waals surface area contributed by atoms with Gasteiger partial charge in [-0.05, 0) is 42.1 Å². The van der Waals surface area contributed by atoms with Crippen molar-refractivity contribution >= 4 is 63.8 Å². The number of nitrogens with one attached hydrogen (secondary N) is 1. The quantitative estimate of drug-likeness (QED) is 0.550. The summed E-state index contributed by atoms with van der Waals surface area (Å²) >= 11 is 7.70.